The number of ether oxygens (including phenoxy) is 2. The van der Waals surface area contributed by atoms with Gasteiger partial charge in [-0.05, 0) is 43.5 Å². The van der Waals surface area contributed by atoms with Gasteiger partial charge in [0.15, 0.2) is 11.5 Å². The van der Waals surface area contributed by atoms with Crippen LogP contribution in [0.5, 0.6) is 11.5 Å². The molecule has 108 valence electrons. The van der Waals surface area contributed by atoms with Gasteiger partial charge in [0, 0.05) is 6.54 Å². The number of methoxy groups -OCH3 is 2. The second-order valence-corrected chi connectivity index (χ2v) is 6.28. The predicted octanol–water partition coefficient (Wildman–Crippen LogP) is 1.49. The number of nitrogens with one attached hydrogen (secondary N) is 1. The maximum atomic E-state index is 11.3. The Bertz CT molecular complexity index is 526. The molecule has 1 N–H and O–H groups in total. The van der Waals surface area contributed by atoms with Crippen LogP contribution >= 0.6 is 0 Å². The van der Waals surface area contributed by atoms with E-state index in [1.54, 1.807) is 21.1 Å². The number of benzene rings is 1. The van der Waals surface area contributed by atoms with Crippen LogP contribution in [0.4, 0.5) is 0 Å². The fraction of sp³-hybridized carbons (Fsp3) is 0.538. The van der Waals surface area contributed by atoms with Crippen LogP contribution in [0.2, 0.25) is 0 Å². The van der Waals surface area contributed by atoms with Crippen molar-refractivity contribution in [2.45, 2.75) is 20.3 Å². The molecule has 0 saturated heterocycles. The third-order valence-corrected chi connectivity index (χ3v) is 4.34. The lowest BCUT2D eigenvalue weighted by Crippen LogP contribution is -2.27. The lowest BCUT2D eigenvalue weighted by molar-refractivity contribution is 0.354. The lowest BCUT2D eigenvalue weighted by Gasteiger charge is -2.13. The summed E-state index contributed by atoms with van der Waals surface area (Å²) in [5, 5.41) is 0. The van der Waals surface area contributed by atoms with Gasteiger partial charge < -0.3 is 9.47 Å². The van der Waals surface area contributed by atoms with Crippen molar-refractivity contribution in [1.82, 2.24) is 4.72 Å². The van der Waals surface area contributed by atoms with Crippen molar-refractivity contribution in [3.05, 3.63) is 23.3 Å². The molecule has 19 heavy (non-hydrogen) atoms. The van der Waals surface area contributed by atoms with Crippen LogP contribution in [0.15, 0.2) is 12.1 Å². The van der Waals surface area contributed by atoms with Crippen molar-refractivity contribution in [1.29, 1.82) is 0 Å². The molecule has 0 atom stereocenters. The highest BCUT2D eigenvalue weighted by atomic mass is 32.2. The van der Waals surface area contributed by atoms with Crippen LogP contribution < -0.4 is 14.2 Å². The Morgan fingerprint density at radius 1 is 1.16 bits per heavy atom. The average Bonchev–Trinajstić information content (AvgIpc) is 2.40. The molecule has 0 saturated carbocycles. The molecule has 0 aliphatic heterocycles. The fourth-order valence-electron chi connectivity index (χ4n) is 1.74. The van der Waals surface area contributed by atoms with Gasteiger partial charge in [0.25, 0.3) is 0 Å². The van der Waals surface area contributed by atoms with E-state index in [0.29, 0.717) is 24.5 Å². The van der Waals surface area contributed by atoms with Gasteiger partial charge in [-0.15, -0.1) is 0 Å². The van der Waals surface area contributed by atoms with Crippen molar-refractivity contribution in [3.8, 4) is 11.5 Å². The summed E-state index contributed by atoms with van der Waals surface area (Å²) in [6.07, 6.45) is 0.616. The molecule has 6 heteroatoms. The zero-order chi connectivity index (χ0) is 14.5. The van der Waals surface area contributed by atoms with Crippen molar-refractivity contribution >= 4 is 10.0 Å². The van der Waals surface area contributed by atoms with Gasteiger partial charge in [0.2, 0.25) is 10.0 Å². The third-order valence-electron chi connectivity index (χ3n) is 2.94. The van der Waals surface area contributed by atoms with Crippen LogP contribution in [0.3, 0.4) is 0 Å². The molecule has 5 nitrogen and oxygen atoms in total. The predicted molar refractivity (Wildman–Crippen MR) is 75.5 cm³/mol. The first-order chi connectivity index (χ1) is 8.93. The highest BCUT2D eigenvalue weighted by Crippen LogP contribution is 2.30. The normalized spacial score (nSPS) is 11.4. The van der Waals surface area contributed by atoms with E-state index >= 15 is 0 Å². The molecular weight excluding hydrogens is 266 g/mol. The molecule has 1 aromatic rings. The van der Waals surface area contributed by atoms with Crippen molar-refractivity contribution in [2.24, 2.45) is 0 Å². The summed E-state index contributed by atoms with van der Waals surface area (Å²) in [5.41, 5.74) is 2.09. The molecule has 0 aliphatic carbocycles. The summed E-state index contributed by atoms with van der Waals surface area (Å²) in [5.74, 6) is 1.43. The number of rotatable bonds is 7. The van der Waals surface area contributed by atoms with Crippen LogP contribution in [0.25, 0.3) is 0 Å². The average molecular weight is 287 g/mol. The minimum absolute atomic E-state index is 0.0952. The first-order valence-corrected chi connectivity index (χ1v) is 7.77. The molecule has 1 aromatic carbocycles. The summed E-state index contributed by atoms with van der Waals surface area (Å²) in [6, 6.07) is 3.77. The van der Waals surface area contributed by atoms with Gasteiger partial charge in [-0.1, -0.05) is 0 Å². The Hall–Kier alpha value is -1.27. The van der Waals surface area contributed by atoms with E-state index in [1.807, 2.05) is 19.1 Å². The smallest absolute Gasteiger partial charge is 0.211 e. The quantitative estimate of drug-likeness (QED) is 0.825. The summed E-state index contributed by atoms with van der Waals surface area (Å²) >= 11 is 0. The van der Waals surface area contributed by atoms with Gasteiger partial charge in [0.05, 0.1) is 20.0 Å². The molecule has 0 fully saturated rings. The van der Waals surface area contributed by atoms with Gasteiger partial charge in [-0.2, -0.15) is 0 Å². The number of hydrogen-bond donors (Lipinski definition) is 1. The Balaban J connectivity index is 2.79. The van der Waals surface area contributed by atoms with Crippen LogP contribution in [0.1, 0.15) is 18.1 Å². The molecule has 0 spiro atoms. The molecule has 0 aliphatic rings. The summed E-state index contributed by atoms with van der Waals surface area (Å²) in [6.45, 7) is 3.96. The third kappa shape index (κ3) is 4.40. The minimum atomic E-state index is -3.14. The van der Waals surface area contributed by atoms with E-state index in [2.05, 4.69) is 4.72 Å². The molecule has 0 unspecified atom stereocenters. The second kappa shape index (κ2) is 6.77. The van der Waals surface area contributed by atoms with Crippen LogP contribution in [-0.2, 0) is 16.4 Å². The van der Waals surface area contributed by atoms with E-state index < -0.39 is 10.0 Å². The lowest BCUT2D eigenvalue weighted by atomic mass is 10.0. The molecule has 1 rings (SSSR count). The Labute approximate surface area is 115 Å². The van der Waals surface area contributed by atoms with E-state index in [0.717, 1.165) is 11.1 Å². The zero-order valence-electron chi connectivity index (χ0n) is 11.8. The van der Waals surface area contributed by atoms with Gasteiger partial charge in [-0.25, -0.2) is 13.1 Å². The fourth-order valence-corrected chi connectivity index (χ4v) is 2.35. The van der Waals surface area contributed by atoms with E-state index in [4.69, 9.17) is 9.47 Å². The van der Waals surface area contributed by atoms with Gasteiger partial charge in [-0.3, -0.25) is 0 Å². The molecule has 0 heterocycles. The van der Waals surface area contributed by atoms with Gasteiger partial charge >= 0.3 is 0 Å². The van der Waals surface area contributed by atoms with E-state index in [1.165, 1.54) is 0 Å². The Morgan fingerprint density at radius 3 is 2.26 bits per heavy atom. The SMILES string of the molecule is CCS(=O)(=O)NCCc1cc(OC)c(OC)cc1C. The van der Waals surface area contributed by atoms with E-state index in [-0.39, 0.29) is 5.75 Å². The Kier molecular flexibility index (Phi) is 5.62. The maximum Gasteiger partial charge on any atom is 0.211 e. The molecule has 0 bridgehead atoms. The molecule has 0 aromatic heterocycles. The Morgan fingerprint density at radius 2 is 1.74 bits per heavy atom. The number of hydrogen-bond acceptors (Lipinski definition) is 4. The second-order valence-electron chi connectivity index (χ2n) is 4.18. The van der Waals surface area contributed by atoms with Crippen molar-refractivity contribution < 1.29 is 17.9 Å². The van der Waals surface area contributed by atoms with Crippen LogP contribution in [0, 0.1) is 6.92 Å². The van der Waals surface area contributed by atoms with Gasteiger partial charge in [0.1, 0.15) is 0 Å². The largest absolute Gasteiger partial charge is 0.493 e. The monoisotopic (exact) mass is 287 g/mol. The van der Waals surface area contributed by atoms with E-state index in [9.17, 15) is 8.42 Å². The summed E-state index contributed by atoms with van der Waals surface area (Å²) in [7, 11) is 0.0328. The minimum Gasteiger partial charge on any atom is -0.493 e. The number of sulfonamides is 1. The number of aryl methyl sites for hydroxylation is 1. The maximum absolute atomic E-state index is 11.3. The summed E-state index contributed by atoms with van der Waals surface area (Å²) in [4.78, 5) is 0. The first kappa shape index (κ1) is 15.8. The topological polar surface area (TPSA) is 64.6 Å². The molecule has 0 amide bonds. The highest BCUT2D eigenvalue weighted by molar-refractivity contribution is 7.89. The van der Waals surface area contributed by atoms with Crippen LogP contribution in [-0.4, -0.2) is 34.9 Å². The molecular formula is C13H21NO4S. The summed E-state index contributed by atoms with van der Waals surface area (Å²) < 4.78 is 35.7. The zero-order valence-corrected chi connectivity index (χ0v) is 12.6. The standard InChI is InChI=1S/C13H21NO4S/c1-5-19(15,16)14-7-6-11-9-13(18-4)12(17-3)8-10(11)2/h8-9,14H,5-7H2,1-4H3. The van der Waals surface area contributed by atoms with Crippen molar-refractivity contribution in [3.63, 3.8) is 0 Å². The molecule has 0 radical (unpaired) electrons. The first-order valence-electron chi connectivity index (χ1n) is 6.12. The highest BCUT2D eigenvalue weighted by Gasteiger charge is 2.10. The van der Waals surface area contributed by atoms with Crippen molar-refractivity contribution in [2.75, 3.05) is 26.5 Å².